The molecule has 0 N–H and O–H groups in total. The highest BCUT2D eigenvalue weighted by molar-refractivity contribution is 4.53. The van der Waals surface area contributed by atoms with Crippen LogP contribution in [0, 0.1) is 0 Å². The molecule has 0 aromatic carbocycles. The van der Waals surface area contributed by atoms with Crippen LogP contribution in [-0.2, 0) is 9.47 Å². The molecule has 0 radical (unpaired) electrons. The number of ether oxygens (including phenoxy) is 2. The molecule has 1 fully saturated rings. The van der Waals surface area contributed by atoms with Crippen molar-refractivity contribution in [1.29, 1.82) is 0 Å². The molecule has 0 aromatic rings. The zero-order valence-corrected chi connectivity index (χ0v) is 4.52. The fourth-order valence-electron chi connectivity index (χ4n) is 0.385. The lowest BCUT2D eigenvalue weighted by atomic mass is 10.5. The quantitative estimate of drug-likeness (QED) is 0.491. The van der Waals surface area contributed by atoms with Gasteiger partial charge in [-0.3, -0.25) is 0 Å². The minimum atomic E-state index is 0.153. The zero-order valence-electron chi connectivity index (χ0n) is 4.52. The standard InChI is InChI=1S/C5H10O2/c1-2-3-6-5-4-7-5/h5H,2-4H2,1H3. The predicted octanol–water partition coefficient (Wildman–Crippen LogP) is 0.769. The van der Waals surface area contributed by atoms with Gasteiger partial charge in [0.05, 0.1) is 0 Å². The van der Waals surface area contributed by atoms with Gasteiger partial charge in [0.25, 0.3) is 0 Å². The molecular formula is C5H10O2. The van der Waals surface area contributed by atoms with Crippen LogP contribution in [0.15, 0.2) is 0 Å². The summed E-state index contributed by atoms with van der Waals surface area (Å²) in [7, 11) is 0. The van der Waals surface area contributed by atoms with Crippen LogP contribution in [0.3, 0.4) is 0 Å². The Kier molecular flexibility index (Phi) is 1.65. The monoisotopic (exact) mass is 102 g/mol. The van der Waals surface area contributed by atoms with Gasteiger partial charge in [0, 0.05) is 6.61 Å². The fraction of sp³-hybridized carbons (Fsp3) is 1.00. The molecule has 0 saturated carbocycles. The predicted molar refractivity (Wildman–Crippen MR) is 26.0 cm³/mol. The van der Waals surface area contributed by atoms with Gasteiger partial charge in [-0.05, 0) is 6.42 Å². The van der Waals surface area contributed by atoms with Crippen molar-refractivity contribution in [3.8, 4) is 0 Å². The van der Waals surface area contributed by atoms with E-state index in [2.05, 4.69) is 6.92 Å². The van der Waals surface area contributed by atoms with E-state index in [1.165, 1.54) is 0 Å². The first-order valence-electron chi connectivity index (χ1n) is 2.66. The second-order valence-corrected chi connectivity index (χ2v) is 1.63. The molecule has 0 aromatic heterocycles. The molecule has 0 amide bonds. The molecule has 0 aliphatic carbocycles. The maximum absolute atomic E-state index is 5.08. The minimum Gasteiger partial charge on any atom is -0.350 e. The Labute approximate surface area is 43.4 Å². The molecule has 1 aliphatic rings. The van der Waals surface area contributed by atoms with Crippen LogP contribution in [0.5, 0.6) is 0 Å². The Morgan fingerprint density at radius 3 is 3.00 bits per heavy atom. The van der Waals surface area contributed by atoms with E-state index in [0.717, 1.165) is 19.6 Å². The molecule has 1 saturated heterocycles. The molecule has 0 spiro atoms. The van der Waals surface area contributed by atoms with Crippen molar-refractivity contribution in [3.63, 3.8) is 0 Å². The molecule has 1 atom stereocenters. The van der Waals surface area contributed by atoms with Crippen LogP contribution in [-0.4, -0.2) is 19.5 Å². The second kappa shape index (κ2) is 2.28. The van der Waals surface area contributed by atoms with Gasteiger partial charge in [-0.25, -0.2) is 0 Å². The smallest absolute Gasteiger partial charge is 0.181 e. The molecule has 2 nitrogen and oxygen atoms in total. The maximum Gasteiger partial charge on any atom is 0.181 e. The van der Waals surface area contributed by atoms with Crippen LogP contribution in [0.2, 0.25) is 0 Å². The topological polar surface area (TPSA) is 21.8 Å². The summed E-state index contributed by atoms with van der Waals surface area (Å²) in [6.07, 6.45) is 1.24. The van der Waals surface area contributed by atoms with E-state index in [0.29, 0.717) is 0 Å². The Balaban J connectivity index is 1.80. The minimum absolute atomic E-state index is 0.153. The molecule has 1 rings (SSSR count). The average Bonchev–Trinajstić information content (AvgIpc) is 2.42. The summed E-state index contributed by atoms with van der Waals surface area (Å²) in [6.45, 7) is 3.73. The van der Waals surface area contributed by atoms with Crippen molar-refractivity contribution in [2.75, 3.05) is 13.2 Å². The summed E-state index contributed by atoms with van der Waals surface area (Å²) in [5.41, 5.74) is 0. The van der Waals surface area contributed by atoms with Crippen LogP contribution in [0.25, 0.3) is 0 Å². The van der Waals surface area contributed by atoms with E-state index in [9.17, 15) is 0 Å². The van der Waals surface area contributed by atoms with E-state index >= 15 is 0 Å². The van der Waals surface area contributed by atoms with Crippen molar-refractivity contribution in [1.82, 2.24) is 0 Å². The van der Waals surface area contributed by atoms with Crippen LogP contribution < -0.4 is 0 Å². The van der Waals surface area contributed by atoms with Gasteiger partial charge < -0.3 is 9.47 Å². The Hall–Kier alpha value is -0.0800. The molecule has 7 heavy (non-hydrogen) atoms. The molecule has 1 heterocycles. The van der Waals surface area contributed by atoms with Crippen molar-refractivity contribution in [3.05, 3.63) is 0 Å². The number of rotatable bonds is 3. The summed E-state index contributed by atoms with van der Waals surface area (Å²) >= 11 is 0. The average molecular weight is 102 g/mol. The highest BCUT2D eigenvalue weighted by Crippen LogP contribution is 2.09. The van der Waals surface area contributed by atoms with Gasteiger partial charge >= 0.3 is 0 Å². The van der Waals surface area contributed by atoms with E-state index in [1.807, 2.05) is 0 Å². The van der Waals surface area contributed by atoms with Crippen LogP contribution >= 0.6 is 0 Å². The van der Waals surface area contributed by atoms with Crippen molar-refractivity contribution < 1.29 is 9.47 Å². The molecule has 42 valence electrons. The largest absolute Gasteiger partial charge is 0.350 e. The first kappa shape index (κ1) is 5.06. The van der Waals surface area contributed by atoms with Gasteiger partial charge in [0.1, 0.15) is 6.61 Å². The zero-order chi connectivity index (χ0) is 5.11. The lowest BCUT2D eigenvalue weighted by Crippen LogP contribution is -1.94. The van der Waals surface area contributed by atoms with Gasteiger partial charge in [0.2, 0.25) is 0 Å². The third kappa shape index (κ3) is 1.90. The third-order valence-corrected chi connectivity index (χ3v) is 0.811. The summed E-state index contributed by atoms with van der Waals surface area (Å²) in [5.74, 6) is 0. The number of hydrogen-bond donors (Lipinski definition) is 0. The maximum atomic E-state index is 5.08. The third-order valence-electron chi connectivity index (χ3n) is 0.811. The Morgan fingerprint density at radius 2 is 2.57 bits per heavy atom. The number of hydrogen-bond acceptors (Lipinski definition) is 2. The van der Waals surface area contributed by atoms with Crippen molar-refractivity contribution >= 4 is 0 Å². The lowest BCUT2D eigenvalue weighted by Gasteiger charge is -1.91. The van der Waals surface area contributed by atoms with E-state index in [-0.39, 0.29) is 6.29 Å². The first-order chi connectivity index (χ1) is 3.43. The first-order valence-corrected chi connectivity index (χ1v) is 2.66. The van der Waals surface area contributed by atoms with Crippen molar-refractivity contribution in [2.24, 2.45) is 0 Å². The molecule has 1 aliphatic heterocycles. The summed E-state index contributed by atoms with van der Waals surface area (Å²) in [5, 5.41) is 0. The van der Waals surface area contributed by atoms with Crippen LogP contribution in [0.1, 0.15) is 13.3 Å². The van der Waals surface area contributed by atoms with E-state index in [4.69, 9.17) is 9.47 Å². The molecule has 0 bridgehead atoms. The normalized spacial score (nSPS) is 27.9. The molecule has 1 unspecified atom stereocenters. The summed E-state index contributed by atoms with van der Waals surface area (Å²) < 4.78 is 9.87. The molecular weight excluding hydrogens is 92.1 g/mol. The Morgan fingerprint density at radius 1 is 1.86 bits per heavy atom. The van der Waals surface area contributed by atoms with E-state index in [1.54, 1.807) is 0 Å². The van der Waals surface area contributed by atoms with E-state index < -0.39 is 0 Å². The molecule has 2 heteroatoms. The van der Waals surface area contributed by atoms with Crippen LogP contribution in [0.4, 0.5) is 0 Å². The fourth-order valence-corrected chi connectivity index (χ4v) is 0.385. The van der Waals surface area contributed by atoms with Gasteiger partial charge in [0.15, 0.2) is 6.29 Å². The lowest BCUT2D eigenvalue weighted by molar-refractivity contribution is 0.0508. The second-order valence-electron chi connectivity index (χ2n) is 1.63. The highest BCUT2D eigenvalue weighted by atomic mass is 16.8. The Bertz CT molecular complexity index is 50.0. The SMILES string of the molecule is CCCOC1CO1. The highest BCUT2D eigenvalue weighted by Gasteiger charge is 2.21. The summed E-state index contributed by atoms with van der Waals surface area (Å²) in [4.78, 5) is 0. The van der Waals surface area contributed by atoms with Gasteiger partial charge in [-0.2, -0.15) is 0 Å². The summed E-state index contributed by atoms with van der Waals surface area (Å²) in [6, 6.07) is 0. The van der Waals surface area contributed by atoms with Gasteiger partial charge in [-0.15, -0.1) is 0 Å². The van der Waals surface area contributed by atoms with Crippen molar-refractivity contribution in [2.45, 2.75) is 19.6 Å². The van der Waals surface area contributed by atoms with Gasteiger partial charge in [-0.1, -0.05) is 6.92 Å². The number of epoxide rings is 1.